The van der Waals surface area contributed by atoms with Gasteiger partial charge in [-0.15, -0.1) is 0 Å². The lowest BCUT2D eigenvalue weighted by Gasteiger charge is -2.34. The van der Waals surface area contributed by atoms with Gasteiger partial charge in [0.2, 0.25) is 11.8 Å². The van der Waals surface area contributed by atoms with Gasteiger partial charge in [-0.05, 0) is 0 Å². The molecule has 0 unspecified atom stereocenters. The van der Waals surface area contributed by atoms with Gasteiger partial charge in [-0.2, -0.15) is 4.98 Å². The number of aryl methyl sites for hydroxylation is 1. The summed E-state index contributed by atoms with van der Waals surface area (Å²) in [6.07, 6.45) is 0. The zero-order valence-electron chi connectivity index (χ0n) is 12.3. The third kappa shape index (κ3) is 4.42. The minimum absolute atomic E-state index is 0.0176. The van der Waals surface area contributed by atoms with Crippen LogP contribution in [-0.2, 0) is 11.3 Å². The predicted octanol–water partition coefficient (Wildman–Crippen LogP) is -1.05. The van der Waals surface area contributed by atoms with Gasteiger partial charge in [0.15, 0.2) is 5.82 Å². The first kappa shape index (κ1) is 15.2. The standard InChI is InChI=1S/C12H20N6O3/c1-9-15-10(16-21-9)8-17-3-5-18(6-4-17)11(19)7-14-12(20)13-2/h3-8H2,1-2H3,(H2,13,14,20). The summed E-state index contributed by atoms with van der Waals surface area (Å²) in [4.78, 5) is 31.0. The third-order valence-corrected chi connectivity index (χ3v) is 3.29. The third-order valence-electron chi connectivity index (χ3n) is 3.29. The summed E-state index contributed by atoms with van der Waals surface area (Å²) in [7, 11) is 1.51. The predicted molar refractivity (Wildman–Crippen MR) is 73.4 cm³/mol. The smallest absolute Gasteiger partial charge is 0.314 e. The number of amides is 3. The fraction of sp³-hybridized carbons (Fsp3) is 0.667. The van der Waals surface area contributed by atoms with Gasteiger partial charge in [0, 0.05) is 40.2 Å². The molecule has 9 nitrogen and oxygen atoms in total. The molecular weight excluding hydrogens is 276 g/mol. The van der Waals surface area contributed by atoms with Crippen LogP contribution in [0.1, 0.15) is 11.7 Å². The lowest BCUT2D eigenvalue weighted by Crippen LogP contribution is -2.51. The lowest BCUT2D eigenvalue weighted by molar-refractivity contribution is -0.131. The van der Waals surface area contributed by atoms with Gasteiger partial charge in [-0.1, -0.05) is 5.16 Å². The van der Waals surface area contributed by atoms with E-state index in [9.17, 15) is 9.59 Å². The van der Waals surface area contributed by atoms with Gasteiger partial charge in [-0.3, -0.25) is 9.69 Å². The monoisotopic (exact) mass is 296 g/mol. The maximum absolute atomic E-state index is 11.9. The van der Waals surface area contributed by atoms with E-state index in [4.69, 9.17) is 4.52 Å². The Balaban J connectivity index is 1.72. The highest BCUT2D eigenvalue weighted by Gasteiger charge is 2.22. The van der Waals surface area contributed by atoms with Gasteiger partial charge in [0.25, 0.3) is 0 Å². The normalized spacial score (nSPS) is 15.8. The summed E-state index contributed by atoms with van der Waals surface area (Å²) in [5.41, 5.74) is 0. The number of carbonyl (C=O) groups is 2. The van der Waals surface area contributed by atoms with Crippen LogP contribution in [0.4, 0.5) is 4.79 Å². The van der Waals surface area contributed by atoms with Crippen LogP contribution in [0.25, 0.3) is 0 Å². The Labute approximate surface area is 122 Å². The molecule has 1 fully saturated rings. The molecule has 1 aliphatic rings. The SMILES string of the molecule is CNC(=O)NCC(=O)N1CCN(Cc2noc(C)n2)CC1. The van der Waals surface area contributed by atoms with E-state index >= 15 is 0 Å². The van der Waals surface area contributed by atoms with Crippen molar-refractivity contribution in [2.45, 2.75) is 13.5 Å². The second-order valence-electron chi connectivity index (χ2n) is 4.82. The van der Waals surface area contributed by atoms with Crippen LogP contribution in [0.15, 0.2) is 4.52 Å². The minimum Gasteiger partial charge on any atom is -0.341 e. The van der Waals surface area contributed by atoms with Crippen molar-refractivity contribution in [1.29, 1.82) is 0 Å². The molecule has 1 saturated heterocycles. The van der Waals surface area contributed by atoms with Gasteiger partial charge in [0.1, 0.15) is 0 Å². The summed E-state index contributed by atoms with van der Waals surface area (Å²) in [6, 6.07) is -0.352. The molecule has 2 heterocycles. The number of aromatic nitrogens is 2. The molecule has 1 aliphatic heterocycles. The maximum atomic E-state index is 11.9. The molecule has 0 radical (unpaired) electrons. The molecule has 2 rings (SSSR count). The summed E-state index contributed by atoms with van der Waals surface area (Å²) >= 11 is 0. The van der Waals surface area contributed by atoms with E-state index < -0.39 is 0 Å². The van der Waals surface area contributed by atoms with Crippen LogP contribution in [0.2, 0.25) is 0 Å². The molecule has 1 aromatic rings. The molecule has 9 heteroatoms. The number of rotatable bonds is 4. The second-order valence-corrected chi connectivity index (χ2v) is 4.82. The Morgan fingerprint density at radius 1 is 1.29 bits per heavy atom. The molecule has 0 aliphatic carbocycles. The molecule has 0 bridgehead atoms. The number of carbonyl (C=O) groups excluding carboxylic acids is 2. The fourth-order valence-corrected chi connectivity index (χ4v) is 2.12. The Hall–Kier alpha value is -2.16. The number of piperazine rings is 1. The topological polar surface area (TPSA) is 104 Å². The van der Waals surface area contributed by atoms with E-state index in [0.717, 1.165) is 13.1 Å². The van der Waals surface area contributed by atoms with Crippen molar-refractivity contribution < 1.29 is 14.1 Å². The summed E-state index contributed by atoms with van der Waals surface area (Å²) < 4.78 is 4.93. The van der Waals surface area contributed by atoms with Crippen LogP contribution in [0.5, 0.6) is 0 Å². The average Bonchev–Trinajstić information content (AvgIpc) is 2.90. The van der Waals surface area contributed by atoms with Gasteiger partial charge in [-0.25, -0.2) is 4.79 Å². The number of hydrogen-bond acceptors (Lipinski definition) is 6. The largest absolute Gasteiger partial charge is 0.341 e. The molecule has 3 amide bonds. The Morgan fingerprint density at radius 2 is 2.00 bits per heavy atom. The Kier molecular flexibility index (Phi) is 5.09. The first-order chi connectivity index (χ1) is 10.1. The number of hydrogen-bond donors (Lipinski definition) is 2. The molecule has 21 heavy (non-hydrogen) atoms. The quantitative estimate of drug-likeness (QED) is 0.735. The molecule has 116 valence electrons. The molecule has 2 N–H and O–H groups in total. The number of nitrogens with one attached hydrogen (secondary N) is 2. The van der Waals surface area contributed by atoms with Gasteiger partial charge < -0.3 is 20.1 Å². The molecule has 0 spiro atoms. The van der Waals surface area contributed by atoms with Crippen LogP contribution < -0.4 is 10.6 Å². The number of urea groups is 1. The first-order valence-corrected chi connectivity index (χ1v) is 6.83. The van der Waals surface area contributed by atoms with Crippen LogP contribution >= 0.6 is 0 Å². The molecular formula is C12H20N6O3. The molecule has 0 aromatic carbocycles. The maximum Gasteiger partial charge on any atom is 0.314 e. The van der Waals surface area contributed by atoms with Gasteiger partial charge >= 0.3 is 6.03 Å². The van der Waals surface area contributed by atoms with E-state index in [-0.39, 0.29) is 18.5 Å². The van der Waals surface area contributed by atoms with Crippen molar-refractivity contribution in [3.63, 3.8) is 0 Å². The van der Waals surface area contributed by atoms with Crippen LogP contribution in [0, 0.1) is 6.92 Å². The van der Waals surface area contributed by atoms with E-state index in [1.54, 1.807) is 11.8 Å². The summed E-state index contributed by atoms with van der Waals surface area (Å²) in [5.74, 6) is 1.14. The fourth-order valence-electron chi connectivity index (χ4n) is 2.12. The lowest BCUT2D eigenvalue weighted by atomic mass is 10.3. The highest BCUT2D eigenvalue weighted by atomic mass is 16.5. The molecule has 1 aromatic heterocycles. The zero-order valence-corrected chi connectivity index (χ0v) is 12.3. The van der Waals surface area contributed by atoms with E-state index in [2.05, 4.69) is 25.7 Å². The van der Waals surface area contributed by atoms with Crippen LogP contribution in [-0.4, -0.2) is 71.7 Å². The van der Waals surface area contributed by atoms with Crippen molar-refractivity contribution in [3.8, 4) is 0 Å². The Bertz CT molecular complexity index is 495. The van der Waals surface area contributed by atoms with Crippen molar-refractivity contribution in [1.82, 2.24) is 30.6 Å². The van der Waals surface area contributed by atoms with Crippen molar-refractivity contribution in [3.05, 3.63) is 11.7 Å². The van der Waals surface area contributed by atoms with Crippen LogP contribution in [0.3, 0.4) is 0 Å². The van der Waals surface area contributed by atoms with E-state index in [1.807, 2.05) is 0 Å². The number of nitrogens with zero attached hydrogens (tertiary/aromatic N) is 4. The summed E-state index contributed by atoms with van der Waals surface area (Å²) in [6.45, 7) is 5.15. The van der Waals surface area contributed by atoms with E-state index in [1.165, 1.54) is 7.05 Å². The van der Waals surface area contributed by atoms with Gasteiger partial charge in [0.05, 0.1) is 13.1 Å². The minimum atomic E-state index is -0.352. The van der Waals surface area contributed by atoms with Crippen molar-refractivity contribution >= 4 is 11.9 Å². The second kappa shape index (κ2) is 7.02. The Morgan fingerprint density at radius 3 is 2.57 bits per heavy atom. The average molecular weight is 296 g/mol. The molecule has 0 saturated carbocycles. The van der Waals surface area contributed by atoms with Crippen molar-refractivity contribution in [2.75, 3.05) is 39.8 Å². The highest BCUT2D eigenvalue weighted by molar-refractivity contribution is 5.83. The van der Waals surface area contributed by atoms with E-state index in [0.29, 0.717) is 31.3 Å². The summed E-state index contributed by atoms with van der Waals surface area (Å²) in [5, 5.41) is 8.76. The zero-order chi connectivity index (χ0) is 15.2. The molecule has 0 atom stereocenters. The highest BCUT2D eigenvalue weighted by Crippen LogP contribution is 2.06. The van der Waals surface area contributed by atoms with Crippen molar-refractivity contribution in [2.24, 2.45) is 0 Å². The first-order valence-electron chi connectivity index (χ1n) is 6.83.